The lowest BCUT2D eigenvalue weighted by atomic mass is 10.2. The molecular formula is C13H10N2O5. The number of carboxylic acid groups (broad SMARTS) is 2. The zero-order chi connectivity index (χ0) is 14.9. The zero-order valence-electron chi connectivity index (χ0n) is 10.4. The van der Waals surface area contributed by atoms with Gasteiger partial charge in [0.2, 0.25) is 11.1 Å². The van der Waals surface area contributed by atoms with Crippen LogP contribution in [0.2, 0.25) is 0 Å². The summed E-state index contributed by atoms with van der Waals surface area (Å²) in [6.45, 7) is 1.60. The standard InChI is InChI=1S/C13H10N2O5/c1-7-6-10(16)11(13(19)20)14-15(7)9-4-2-8(3-5-9)12(17)18/h2-6H,1H3,(H,17,18)(H,19,20). The first-order valence-electron chi connectivity index (χ1n) is 5.58. The van der Waals surface area contributed by atoms with Crippen LogP contribution in [0.25, 0.3) is 5.69 Å². The second-order valence-electron chi connectivity index (χ2n) is 4.07. The first-order chi connectivity index (χ1) is 9.40. The highest BCUT2D eigenvalue weighted by atomic mass is 16.4. The molecule has 2 aromatic rings. The lowest BCUT2D eigenvalue weighted by Gasteiger charge is -2.10. The molecule has 1 aromatic carbocycles. The molecule has 0 saturated carbocycles. The fourth-order valence-electron chi connectivity index (χ4n) is 1.70. The number of nitrogens with zero attached hydrogens (tertiary/aromatic N) is 2. The van der Waals surface area contributed by atoms with Gasteiger partial charge in [-0.25, -0.2) is 14.3 Å². The third kappa shape index (κ3) is 2.41. The smallest absolute Gasteiger partial charge is 0.360 e. The molecule has 0 saturated heterocycles. The molecule has 1 heterocycles. The fraction of sp³-hybridized carbons (Fsp3) is 0.0769. The van der Waals surface area contributed by atoms with E-state index in [1.807, 2.05) is 0 Å². The Balaban J connectivity index is 2.57. The topological polar surface area (TPSA) is 109 Å². The molecule has 2 rings (SSSR count). The summed E-state index contributed by atoms with van der Waals surface area (Å²) in [6.07, 6.45) is 0. The molecule has 102 valence electrons. The summed E-state index contributed by atoms with van der Waals surface area (Å²) in [4.78, 5) is 33.1. The molecule has 0 amide bonds. The maximum atomic E-state index is 11.5. The van der Waals surface area contributed by atoms with Gasteiger partial charge < -0.3 is 10.2 Å². The number of aromatic carboxylic acids is 2. The van der Waals surface area contributed by atoms with Gasteiger partial charge in [-0.05, 0) is 31.2 Å². The van der Waals surface area contributed by atoms with Crippen molar-refractivity contribution in [3.05, 3.63) is 57.5 Å². The monoisotopic (exact) mass is 274 g/mol. The first-order valence-corrected chi connectivity index (χ1v) is 5.58. The van der Waals surface area contributed by atoms with Crippen molar-refractivity contribution in [2.24, 2.45) is 0 Å². The Bertz CT molecular complexity index is 746. The molecule has 0 aliphatic carbocycles. The highest BCUT2D eigenvalue weighted by molar-refractivity contribution is 5.87. The van der Waals surface area contributed by atoms with Gasteiger partial charge >= 0.3 is 11.9 Å². The lowest BCUT2D eigenvalue weighted by Crippen LogP contribution is -2.22. The van der Waals surface area contributed by atoms with Crippen LogP contribution in [0.4, 0.5) is 0 Å². The molecule has 20 heavy (non-hydrogen) atoms. The summed E-state index contributed by atoms with van der Waals surface area (Å²) >= 11 is 0. The van der Waals surface area contributed by atoms with Crippen LogP contribution in [0.3, 0.4) is 0 Å². The third-order valence-electron chi connectivity index (χ3n) is 2.67. The van der Waals surface area contributed by atoms with Crippen molar-refractivity contribution in [3.63, 3.8) is 0 Å². The Kier molecular flexibility index (Phi) is 3.34. The number of carboxylic acids is 2. The molecular weight excluding hydrogens is 264 g/mol. The van der Waals surface area contributed by atoms with Gasteiger partial charge in [0.25, 0.3) is 0 Å². The summed E-state index contributed by atoms with van der Waals surface area (Å²) < 4.78 is 1.27. The van der Waals surface area contributed by atoms with Gasteiger partial charge in [-0.3, -0.25) is 4.79 Å². The van der Waals surface area contributed by atoms with Gasteiger partial charge in [0, 0.05) is 11.8 Å². The predicted molar refractivity (Wildman–Crippen MR) is 68.5 cm³/mol. The fourth-order valence-corrected chi connectivity index (χ4v) is 1.70. The van der Waals surface area contributed by atoms with Crippen LogP contribution < -0.4 is 5.43 Å². The summed E-state index contributed by atoms with van der Waals surface area (Å²) in [7, 11) is 0. The molecule has 1 aromatic heterocycles. The maximum absolute atomic E-state index is 11.5. The van der Waals surface area contributed by atoms with Gasteiger partial charge in [0.15, 0.2) is 0 Å². The number of carbonyl (C=O) groups is 2. The van der Waals surface area contributed by atoms with Gasteiger partial charge in [-0.1, -0.05) is 0 Å². The average molecular weight is 274 g/mol. The molecule has 0 radical (unpaired) electrons. The van der Waals surface area contributed by atoms with E-state index in [1.54, 1.807) is 6.92 Å². The van der Waals surface area contributed by atoms with Crippen LogP contribution in [0.5, 0.6) is 0 Å². The maximum Gasteiger partial charge on any atom is 0.360 e. The normalized spacial score (nSPS) is 10.2. The predicted octanol–water partition coefficient (Wildman–Crippen LogP) is 0.937. The van der Waals surface area contributed by atoms with Crippen molar-refractivity contribution >= 4 is 11.9 Å². The van der Waals surface area contributed by atoms with Crippen LogP contribution in [0.15, 0.2) is 35.1 Å². The summed E-state index contributed by atoms with van der Waals surface area (Å²) in [5.41, 5.74) is -0.240. The number of aryl methyl sites for hydroxylation is 1. The van der Waals surface area contributed by atoms with Crippen LogP contribution in [-0.4, -0.2) is 31.9 Å². The van der Waals surface area contributed by atoms with Crippen molar-refractivity contribution in [1.82, 2.24) is 9.78 Å². The minimum atomic E-state index is -1.41. The Morgan fingerprint density at radius 2 is 1.70 bits per heavy atom. The Morgan fingerprint density at radius 3 is 2.20 bits per heavy atom. The van der Waals surface area contributed by atoms with Crippen LogP contribution in [0.1, 0.15) is 26.5 Å². The van der Waals surface area contributed by atoms with Crippen LogP contribution >= 0.6 is 0 Å². The van der Waals surface area contributed by atoms with E-state index in [0.717, 1.165) is 0 Å². The lowest BCUT2D eigenvalue weighted by molar-refractivity contribution is 0.0680. The molecule has 0 bridgehead atoms. The van der Waals surface area contributed by atoms with E-state index in [1.165, 1.54) is 35.0 Å². The number of benzene rings is 1. The Morgan fingerprint density at radius 1 is 1.10 bits per heavy atom. The largest absolute Gasteiger partial charge is 0.478 e. The minimum absolute atomic E-state index is 0.103. The molecule has 0 atom stereocenters. The van der Waals surface area contributed by atoms with E-state index >= 15 is 0 Å². The minimum Gasteiger partial charge on any atom is -0.478 e. The summed E-state index contributed by atoms with van der Waals surface area (Å²) in [5, 5.41) is 21.5. The molecule has 0 fully saturated rings. The molecule has 0 unspecified atom stereocenters. The number of rotatable bonds is 3. The SMILES string of the molecule is Cc1cc(=O)c(C(=O)O)nn1-c1ccc(C(=O)O)cc1. The Labute approximate surface area is 112 Å². The van der Waals surface area contributed by atoms with Gasteiger partial charge in [-0.15, -0.1) is 0 Å². The molecule has 0 aliphatic heterocycles. The zero-order valence-corrected chi connectivity index (χ0v) is 10.4. The molecule has 0 aliphatic rings. The summed E-state index contributed by atoms with van der Waals surface area (Å²) in [5.74, 6) is -2.47. The number of hydrogen-bond donors (Lipinski definition) is 2. The van der Waals surface area contributed by atoms with Crippen molar-refractivity contribution in [3.8, 4) is 5.69 Å². The molecule has 7 heteroatoms. The van der Waals surface area contributed by atoms with Crippen LogP contribution in [-0.2, 0) is 0 Å². The van der Waals surface area contributed by atoms with Crippen molar-refractivity contribution in [2.45, 2.75) is 6.92 Å². The second-order valence-corrected chi connectivity index (χ2v) is 4.07. The molecule has 2 N–H and O–H groups in total. The van der Waals surface area contributed by atoms with E-state index in [2.05, 4.69) is 5.10 Å². The highest BCUT2D eigenvalue weighted by Gasteiger charge is 2.14. The first kappa shape index (κ1) is 13.5. The number of hydrogen-bond acceptors (Lipinski definition) is 4. The molecule has 7 nitrogen and oxygen atoms in total. The van der Waals surface area contributed by atoms with E-state index in [-0.39, 0.29) is 5.56 Å². The van der Waals surface area contributed by atoms with E-state index < -0.39 is 23.1 Å². The number of aromatic nitrogens is 2. The molecule has 0 spiro atoms. The van der Waals surface area contributed by atoms with Crippen molar-refractivity contribution in [1.29, 1.82) is 0 Å². The second kappa shape index (κ2) is 4.96. The van der Waals surface area contributed by atoms with E-state index in [4.69, 9.17) is 10.2 Å². The summed E-state index contributed by atoms with van der Waals surface area (Å²) in [6, 6.07) is 6.88. The Hall–Kier alpha value is -2.96. The average Bonchev–Trinajstić information content (AvgIpc) is 2.38. The van der Waals surface area contributed by atoms with E-state index in [0.29, 0.717) is 11.4 Å². The quantitative estimate of drug-likeness (QED) is 0.861. The van der Waals surface area contributed by atoms with Crippen molar-refractivity contribution in [2.75, 3.05) is 0 Å². The third-order valence-corrected chi connectivity index (χ3v) is 2.67. The van der Waals surface area contributed by atoms with Gasteiger partial charge in [0.05, 0.1) is 11.3 Å². The van der Waals surface area contributed by atoms with Gasteiger partial charge in [-0.2, -0.15) is 5.10 Å². The van der Waals surface area contributed by atoms with Gasteiger partial charge in [0.1, 0.15) is 0 Å². The highest BCUT2D eigenvalue weighted by Crippen LogP contribution is 2.10. The van der Waals surface area contributed by atoms with E-state index in [9.17, 15) is 14.4 Å². The van der Waals surface area contributed by atoms with Crippen LogP contribution in [0, 0.1) is 6.92 Å². The van der Waals surface area contributed by atoms with Crippen molar-refractivity contribution < 1.29 is 19.8 Å².